The molecule has 1 aliphatic heterocycles. The Morgan fingerprint density at radius 1 is 1.15 bits per heavy atom. The van der Waals surface area contributed by atoms with Crippen molar-refractivity contribution in [3.8, 4) is 11.3 Å². The van der Waals surface area contributed by atoms with E-state index in [1.807, 2.05) is 24.3 Å². The molecule has 0 fully saturated rings. The largest absolute Gasteiger partial charge is 0.445 e. The number of aromatic nitrogens is 1. The molecule has 10 heteroatoms. The molecule has 2 N–H and O–H groups in total. The van der Waals surface area contributed by atoms with Crippen molar-refractivity contribution >= 4 is 32.7 Å². The Morgan fingerprint density at radius 2 is 1.90 bits per heavy atom. The molecule has 4 rings (SSSR count). The van der Waals surface area contributed by atoms with Gasteiger partial charge in [0.05, 0.1) is 11.3 Å². The van der Waals surface area contributed by atoms with Crippen LogP contribution in [-0.2, 0) is 27.5 Å². The molecule has 1 aliphatic rings. The number of nitrogens with one attached hydrogen (secondary N) is 2. The van der Waals surface area contributed by atoms with E-state index in [1.165, 1.54) is 17.0 Å². The highest BCUT2D eigenvalue weighted by Gasteiger charge is 2.24. The van der Waals surface area contributed by atoms with Crippen molar-refractivity contribution in [3.63, 3.8) is 0 Å². The lowest BCUT2D eigenvalue weighted by molar-refractivity contribution is 0.0715. The van der Waals surface area contributed by atoms with Crippen molar-refractivity contribution < 1.29 is 27.1 Å². The summed E-state index contributed by atoms with van der Waals surface area (Å²) in [5, 5.41) is 3.57. The molecule has 0 saturated carbocycles. The van der Waals surface area contributed by atoms with Crippen LogP contribution in [0.15, 0.2) is 36.4 Å². The summed E-state index contributed by atoms with van der Waals surface area (Å²) < 4.78 is 43.5. The van der Waals surface area contributed by atoms with Gasteiger partial charge < -0.3 is 19.9 Å². The summed E-state index contributed by atoms with van der Waals surface area (Å²) >= 11 is 0. The third-order valence-electron chi connectivity index (χ3n) is 6.98. The second-order valence-corrected chi connectivity index (χ2v) is 12.5. The van der Waals surface area contributed by atoms with Gasteiger partial charge in [-0.3, -0.25) is 4.79 Å². The van der Waals surface area contributed by atoms with Crippen LogP contribution in [0.4, 0.5) is 9.18 Å². The fourth-order valence-electron chi connectivity index (χ4n) is 5.10. The lowest BCUT2D eigenvalue weighted by Crippen LogP contribution is -2.34. The molecule has 8 nitrogen and oxygen atoms in total. The molecule has 1 aromatic heterocycles. The van der Waals surface area contributed by atoms with Crippen LogP contribution < -0.4 is 5.32 Å². The van der Waals surface area contributed by atoms with Crippen molar-refractivity contribution in [1.82, 2.24) is 15.2 Å². The third-order valence-corrected chi connectivity index (χ3v) is 7.96. The van der Waals surface area contributed by atoms with Crippen LogP contribution in [0.5, 0.6) is 0 Å². The van der Waals surface area contributed by atoms with Crippen LogP contribution in [-0.4, -0.2) is 62.0 Å². The number of hydrogen-bond donors (Lipinski definition) is 2. The van der Waals surface area contributed by atoms with Gasteiger partial charge in [-0.2, -0.15) is 0 Å². The second kappa shape index (κ2) is 12.2. The minimum Gasteiger partial charge on any atom is -0.445 e. The number of carbonyl (C=O) groups is 2. The van der Waals surface area contributed by atoms with Crippen LogP contribution in [0.2, 0.25) is 0 Å². The van der Waals surface area contributed by atoms with Gasteiger partial charge in [0, 0.05) is 43.0 Å². The van der Waals surface area contributed by atoms with E-state index in [4.69, 9.17) is 4.74 Å². The first-order valence-corrected chi connectivity index (χ1v) is 15.4. The molecule has 1 atom stereocenters. The average Bonchev–Trinajstić information content (AvgIpc) is 3.14. The van der Waals surface area contributed by atoms with Crippen molar-refractivity contribution in [3.05, 3.63) is 58.9 Å². The van der Waals surface area contributed by atoms with Crippen LogP contribution in [0.25, 0.3) is 22.2 Å². The summed E-state index contributed by atoms with van der Waals surface area (Å²) in [5.41, 5.74) is 4.46. The van der Waals surface area contributed by atoms with Gasteiger partial charge in [-0.1, -0.05) is 50.5 Å². The SMILES string of the molecule is CCCCCCC(CS(C)(=O)=O)OC(=O)N(C)Cc1ccc(-c2[nH]c3cc(F)cc4c3c2CCNC4=O)cc1. The molecule has 0 radical (unpaired) electrons. The van der Waals surface area contributed by atoms with Gasteiger partial charge in [-0.15, -0.1) is 0 Å². The normalized spacial score (nSPS) is 14.1. The predicted molar refractivity (Wildman–Crippen MR) is 150 cm³/mol. The Hall–Kier alpha value is -3.40. The first-order chi connectivity index (χ1) is 18.6. The quantitative estimate of drug-likeness (QED) is 0.315. The van der Waals surface area contributed by atoms with Crippen LogP contribution >= 0.6 is 0 Å². The summed E-state index contributed by atoms with van der Waals surface area (Å²) in [6, 6.07) is 10.3. The van der Waals surface area contributed by atoms with Crippen LogP contribution in [0.3, 0.4) is 0 Å². The number of nitrogens with zero attached hydrogens (tertiary/aromatic N) is 1. The molecule has 3 aromatic rings. The molecule has 2 aromatic carbocycles. The van der Waals surface area contributed by atoms with Crippen LogP contribution in [0.1, 0.15) is 60.5 Å². The molecule has 39 heavy (non-hydrogen) atoms. The number of aromatic amines is 1. The molecule has 1 unspecified atom stereocenters. The number of ether oxygens (including phenoxy) is 1. The zero-order chi connectivity index (χ0) is 28.2. The Balaban J connectivity index is 1.46. The number of halogens is 1. The van der Waals surface area contributed by atoms with Gasteiger partial charge >= 0.3 is 6.09 Å². The Kier molecular flexibility index (Phi) is 8.94. The highest BCUT2D eigenvalue weighted by atomic mass is 32.2. The van der Waals surface area contributed by atoms with Crippen molar-refractivity contribution in [2.45, 2.75) is 58.1 Å². The fraction of sp³-hybridized carbons (Fsp3) is 0.448. The minimum absolute atomic E-state index is 0.188. The first-order valence-electron chi connectivity index (χ1n) is 13.4. The van der Waals surface area contributed by atoms with E-state index in [9.17, 15) is 22.4 Å². The summed E-state index contributed by atoms with van der Waals surface area (Å²) in [6.07, 6.45) is 4.94. The molecule has 0 spiro atoms. The van der Waals surface area contributed by atoms with E-state index in [1.54, 1.807) is 7.05 Å². The monoisotopic (exact) mass is 557 g/mol. The molecule has 0 saturated heterocycles. The third kappa shape index (κ3) is 7.17. The highest BCUT2D eigenvalue weighted by molar-refractivity contribution is 7.90. The van der Waals surface area contributed by atoms with Gasteiger partial charge in [0.25, 0.3) is 5.91 Å². The van der Waals surface area contributed by atoms with E-state index in [-0.39, 0.29) is 18.2 Å². The Bertz CT molecular complexity index is 1450. The number of amides is 2. The highest BCUT2D eigenvalue weighted by Crippen LogP contribution is 2.35. The summed E-state index contributed by atoms with van der Waals surface area (Å²) in [7, 11) is -1.67. The van der Waals surface area contributed by atoms with Gasteiger partial charge in [-0.05, 0) is 48.1 Å². The minimum atomic E-state index is -3.29. The number of rotatable bonds is 11. The summed E-state index contributed by atoms with van der Waals surface area (Å²) in [6.45, 7) is 2.84. The van der Waals surface area contributed by atoms with E-state index in [0.717, 1.165) is 59.7 Å². The number of carbonyl (C=O) groups excluding carboxylic acids is 2. The summed E-state index contributed by atoms with van der Waals surface area (Å²) in [5.74, 6) is -0.944. The fourth-order valence-corrected chi connectivity index (χ4v) is 6.01. The van der Waals surface area contributed by atoms with Gasteiger partial charge in [-0.25, -0.2) is 17.6 Å². The number of H-pyrrole nitrogens is 1. The standard InChI is InChI=1S/C29H36FN3O5S/c1-4-5-6-7-8-22(18-39(3,36)37)38-29(35)33(2)17-19-9-11-20(12-10-19)27-23-13-14-31-28(34)24-15-21(30)16-25(32-27)26(23)24/h9-12,15-16,22,32H,4-8,13-14,17-18H2,1-3H3,(H,31,34). The Labute approximate surface area is 228 Å². The number of hydrogen-bond acceptors (Lipinski definition) is 5. The first kappa shape index (κ1) is 28.6. The molecule has 2 heterocycles. The lowest BCUT2D eigenvalue weighted by Gasteiger charge is -2.22. The zero-order valence-electron chi connectivity index (χ0n) is 22.7. The maximum atomic E-state index is 14.2. The van der Waals surface area contributed by atoms with E-state index >= 15 is 0 Å². The number of benzene rings is 2. The molecule has 0 bridgehead atoms. The number of unbranched alkanes of at least 4 members (excludes halogenated alkanes) is 3. The van der Waals surface area contributed by atoms with E-state index < -0.39 is 27.9 Å². The second-order valence-electron chi connectivity index (χ2n) is 10.4. The van der Waals surface area contributed by atoms with Gasteiger partial charge in [0.2, 0.25) is 0 Å². The summed E-state index contributed by atoms with van der Waals surface area (Å²) in [4.78, 5) is 29.9. The van der Waals surface area contributed by atoms with Crippen LogP contribution in [0, 0.1) is 5.82 Å². The van der Waals surface area contributed by atoms with E-state index in [2.05, 4.69) is 17.2 Å². The maximum absolute atomic E-state index is 14.2. The smallest absolute Gasteiger partial charge is 0.410 e. The Morgan fingerprint density at radius 3 is 2.59 bits per heavy atom. The zero-order valence-corrected chi connectivity index (χ0v) is 23.5. The average molecular weight is 558 g/mol. The molecule has 0 aliphatic carbocycles. The molecule has 210 valence electrons. The maximum Gasteiger partial charge on any atom is 0.410 e. The predicted octanol–water partition coefficient (Wildman–Crippen LogP) is 5.21. The van der Waals surface area contributed by atoms with Gasteiger partial charge in [0.1, 0.15) is 11.9 Å². The topological polar surface area (TPSA) is 109 Å². The van der Waals surface area contributed by atoms with Gasteiger partial charge in [0.15, 0.2) is 9.84 Å². The number of sulfone groups is 1. The molecule has 2 amide bonds. The van der Waals surface area contributed by atoms with Crippen molar-refractivity contribution in [1.29, 1.82) is 0 Å². The van der Waals surface area contributed by atoms with Crippen molar-refractivity contribution in [2.24, 2.45) is 0 Å². The lowest BCUT2D eigenvalue weighted by atomic mass is 9.99. The molecular formula is C29H36FN3O5S. The molecular weight excluding hydrogens is 521 g/mol. The van der Waals surface area contributed by atoms with Crippen molar-refractivity contribution in [2.75, 3.05) is 25.6 Å². The van der Waals surface area contributed by atoms with E-state index in [0.29, 0.717) is 30.5 Å².